The molecule has 0 bridgehead atoms. The van der Waals surface area contributed by atoms with Gasteiger partial charge in [0.15, 0.2) is 0 Å². The van der Waals surface area contributed by atoms with Gasteiger partial charge in [-0.1, -0.05) is 19.9 Å². The van der Waals surface area contributed by atoms with Crippen LogP contribution in [0.2, 0.25) is 0 Å². The van der Waals surface area contributed by atoms with Crippen molar-refractivity contribution < 1.29 is 9.84 Å². The van der Waals surface area contributed by atoms with Gasteiger partial charge in [0.05, 0.1) is 12.7 Å². The Labute approximate surface area is 127 Å². The standard InChI is InChI=1S/C18H27NO2/c1-17(2)12-13-5-6-15(21-4)11-16(13)18(17,20)14-7-9-19(3)10-8-14/h5-6,11,14,20H,7-10,12H2,1-4H3. The van der Waals surface area contributed by atoms with E-state index >= 15 is 0 Å². The maximum atomic E-state index is 11.7. The van der Waals surface area contributed by atoms with Gasteiger partial charge in [-0.2, -0.15) is 0 Å². The van der Waals surface area contributed by atoms with E-state index in [1.165, 1.54) is 5.56 Å². The minimum atomic E-state index is -0.738. The molecule has 1 unspecified atom stereocenters. The molecule has 3 rings (SSSR count). The summed E-state index contributed by atoms with van der Waals surface area (Å²) in [5.74, 6) is 1.18. The summed E-state index contributed by atoms with van der Waals surface area (Å²) in [6.07, 6.45) is 3.06. The minimum absolute atomic E-state index is 0.123. The molecule has 1 N–H and O–H groups in total. The molecule has 0 amide bonds. The number of fused-ring (bicyclic) bond motifs is 1. The predicted octanol–water partition coefficient (Wildman–Crippen LogP) is 2.81. The van der Waals surface area contributed by atoms with Crippen LogP contribution >= 0.6 is 0 Å². The van der Waals surface area contributed by atoms with Crippen molar-refractivity contribution >= 4 is 0 Å². The highest BCUT2D eigenvalue weighted by Gasteiger charge is 2.55. The van der Waals surface area contributed by atoms with E-state index < -0.39 is 5.60 Å². The molecule has 116 valence electrons. The lowest BCUT2D eigenvalue weighted by molar-refractivity contribution is -0.121. The summed E-state index contributed by atoms with van der Waals surface area (Å²) in [6.45, 7) is 6.56. The number of hydrogen-bond acceptors (Lipinski definition) is 3. The Morgan fingerprint density at radius 1 is 1.24 bits per heavy atom. The Morgan fingerprint density at radius 3 is 2.52 bits per heavy atom. The summed E-state index contributed by atoms with van der Waals surface area (Å²) in [7, 11) is 3.85. The molecule has 0 spiro atoms. The Kier molecular flexibility index (Phi) is 3.53. The Hall–Kier alpha value is -1.06. The van der Waals surface area contributed by atoms with E-state index in [4.69, 9.17) is 4.74 Å². The molecule has 1 saturated heterocycles. The quantitative estimate of drug-likeness (QED) is 0.909. The SMILES string of the molecule is COc1ccc2c(c1)C(O)(C1CCN(C)CC1)C(C)(C)C2. The highest BCUT2D eigenvalue weighted by molar-refractivity contribution is 5.46. The van der Waals surface area contributed by atoms with E-state index in [0.29, 0.717) is 5.92 Å². The number of ether oxygens (including phenoxy) is 1. The smallest absolute Gasteiger partial charge is 0.119 e. The first-order chi connectivity index (χ1) is 9.88. The van der Waals surface area contributed by atoms with E-state index in [0.717, 1.165) is 43.7 Å². The van der Waals surface area contributed by atoms with Gasteiger partial charge in [-0.05, 0) is 68.6 Å². The molecule has 1 heterocycles. The first-order valence-corrected chi connectivity index (χ1v) is 7.97. The molecule has 0 saturated carbocycles. The first-order valence-electron chi connectivity index (χ1n) is 7.97. The van der Waals surface area contributed by atoms with Gasteiger partial charge in [0.25, 0.3) is 0 Å². The normalized spacial score (nSPS) is 29.4. The third kappa shape index (κ3) is 2.18. The molecule has 1 aromatic carbocycles. The Morgan fingerprint density at radius 2 is 1.90 bits per heavy atom. The van der Waals surface area contributed by atoms with Crippen LogP contribution in [0.15, 0.2) is 18.2 Å². The summed E-state index contributed by atoms with van der Waals surface area (Å²) in [4.78, 5) is 2.36. The van der Waals surface area contributed by atoms with Crippen LogP contribution in [0, 0.1) is 11.3 Å². The van der Waals surface area contributed by atoms with Crippen molar-refractivity contribution in [1.29, 1.82) is 0 Å². The molecule has 1 aliphatic carbocycles. The molecule has 21 heavy (non-hydrogen) atoms. The lowest BCUT2D eigenvalue weighted by Crippen LogP contribution is -2.49. The molecule has 2 aliphatic rings. The zero-order chi connectivity index (χ0) is 15.3. The van der Waals surface area contributed by atoms with Crippen LogP contribution in [0.1, 0.15) is 37.8 Å². The van der Waals surface area contributed by atoms with E-state index in [-0.39, 0.29) is 5.41 Å². The molecule has 0 aromatic heterocycles. The number of methoxy groups -OCH3 is 1. The second-order valence-electron chi connectivity index (χ2n) is 7.43. The molecule has 3 nitrogen and oxygen atoms in total. The number of aliphatic hydroxyl groups is 1. The molecule has 0 radical (unpaired) electrons. The molecular weight excluding hydrogens is 262 g/mol. The van der Waals surface area contributed by atoms with Crippen molar-refractivity contribution in [2.75, 3.05) is 27.2 Å². The van der Waals surface area contributed by atoms with Gasteiger partial charge >= 0.3 is 0 Å². The van der Waals surface area contributed by atoms with Crippen molar-refractivity contribution in [2.24, 2.45) is 11.3 Å². The molecule has 1 fully saturated rings. The van der Waals surface area contributed by atoms with Crippen LogP contribution in [0.3, 0.4) is 0 Å². The molecule has 3 heteroatoms. The predicted molar refractivity (Wildman–Crippen MR) is 84.6 cm³/mol. The second kappa shape index (κ2) is 4.99. The van der Waals surface area contributed by atoms with Gasteiger partial charge in [0.2, 0.25) is 0 Å². The fraction of sp³-hybridized carbons (Fsp3) is 0.667. The fourth-order valence-electron chi connectivity index (χ4n) is 4.37. The lowest BCUT2D eigenvalue weighted by Gasteiger charge is -2.46. The Balaban J connectivity index is 2.03. The summed E-state index contributed by atoms with van der Waals surface area (Å²) in [5.41, 5.74) is 1.52. The minimum Gasteiger partial charge on any atom is -0.497 e. The van der Waals surface area contributed by atoms with Crippen molar-refractivity contribution in [2.45, 2.75) is 38.7 Å². The van der Waals surface area contributed by atoms with E-state index in [1.54, 1.807) is 7.11 Å². The van der Waals surface area contributed by atoms with E-state index in [9.17, 15) is 5.11 Å². The molecule has 1 atom stereocenters. The highest BCUT2D eigenvalue weighted by atomic mass is 16.5. The second-order valence-corrected chi connectivity index (χ2v) is 7.43. The third-order valence-electron chi connectivity index (χ3n) is 5.70. The van der Waals surface area contributed by atoms with Crippen molar-refractivity contribution in [3.8, 4) is 5.75 Å². The maximum absolute atomic E-state index is 11.7. The van der Waals surface area contributed by atoms with Gasteiger partial charge in [-0.3, -0.25) is 0 Å². The van der Waals surface area contributed by atoms with Gasteiger partial charge in [0.1, 0.15) is 5.75 Å². The fourth-order valence-corrected chi connectivity index (χ4v) is 4.37. The Bertz CT molecular complexity index is 532. The van der Waals surface area contributed by atoms with Crippen molar-refractivity contribution in [3.63, 3.8) is 0 Å². The number of piperidine rings is 1. The number of hydrogen-bond donors (Lipinski definition) is 1. The van der Waals surface area contributed by atoms with Gasteiger partial charge in [-0.15, -0.1) is 0 Å². The highest BCUT2D eigenvalue weighted by Crippen LogP contribution is 2.56. The van der Waals surface area contributed by atoms with Gasteiger partial charge in [-0.25, -0.2) is 0 Å². The topological polar surface area (TPSA) is 32.7 Å². The maximum Gasteiger partial charge on any atom is 0.119 e. The van der Waals surface area contributed by atoms with Crippen molar-refractivity contribution in [3.05, 3.63) is 29.3 Å². The van der Waals surface area contributed by atoms with Crippen LogP contribution in [0.25, 0.3) is 0 Å². The first kappa shape index (κ1) is 14.9. The van der Waals surface area contributed by atoms with Gasteiger partial charge in [0, 0.05) is 5.41 Å². The number of nitrogens with zero attached hydrogens (tertiary/aromatic N) is 1. The molecule has 1 aliphatic heterocycles. The number of likely N-dealkylation sites (tertiary alicyclic amines) is 1. The summed E-state index contributed by atoms with van der Waals surface area (Å²) < 4.78 is 5.39. The average molecular weight is 289 g/mol. The zero-order valence-electron chi connectivity index (χ0n) is 13.6. The van der Waals surface area contributed by atoms with Crippen LogP contribution in [0.5, 0.6) is 5.75 Å². The monoisotopic (exact) mass is 289 g/mol. The summed E-state index contributed by atoms with van der Waals surface area (Å²) in [6, 6.07) is 6.19. The summed E-state index contributed by atoms with van der Waals surface area (Å²) in [5, 5.41) is 11.7. The number of benzene rings is 1. The lowest BCUT2D eigenvalue weighted by atomic mass is 9.65. The molecule has 1 aromatic rings. The van der Waals surface area contributed by atoms with Crippen LogP contribution in [-0.4, -0.2) is 37.3 Å². The van der Waals surface area contributed by atoms with Crippen LogP contribution in [-0.2, 0) is 12.0 Å². The van der Waals surface area contributed by atoms with Crippen LogP contribution in [0.4, 0.5) is 0 Å². The number of rotatable bonds is 2. The average Bonchev–Trinajstić information content (AvgIpc) is 2.67. The van der Waals surface area contributed by atoms with E-state index in [2.05, 4.69) is 37.9 Å². The summed E-state index contributed by atoms with van der Waals surface area (Å²) >= 11 is 0. The van der Waals surface area contributed by atoms with Crippen molar-refractivity contribution in [1.82, 2.24) is 4.90 Å². The molecular formula is C18H27NO2. The largest absolute Gasteiger partial charge is 0.497 e. The third-order valence-corrected chi connectivity index (χ3v) is 5.70. The zero-order valence-corrected chi connectivity index (χ0v) is 13.6. The van der Waals surface area contributed by atoms with Crippen LogP contribution < -0.4 is 4.74 Å². The van der Waals surface area contributed by atoms with E-state index in [1.807, 2.05) is 6.07 Å². The van der Waals surface area contributed by atoms with Gasteiger partial charge < -0.3 is 14.7 Å².